The maximum atomic E-state index is 12.4. The van der Waals surface area contributed by atoms with Crippen LogP contribution >= 0.6 is 0 Å². The Bertz CT molecular complexity index is 464. The lowest BCUT2D eigenvalue weighted by molar-refractivity contribution is 0.0647. The van der Waals surface area contributed by atoms with Gasteiger partial charge in [0.2, 0.25) is 5.76 Å². The van der Waals surface area contributed by atoms with Gasteiger partial charge in [0.15, 0.2) is 5.76 Å². The fraction of sp³-hybridized carbons (Fsp3) is 0.625. The van der Waals surface area contributed by atoms with Crippen LogP contribution in [0, 0.1) is 11.8 Å². The van der Waals surface area contributed by atoms with Crippen molar-refractivity contribution in [2.75, 3.05) is 13.1 Å². The molecule has 1 heterocycles. The van der Waals surface area contributed by atoms with Gasteiger partial charge >= 0.3 is 5.97 Å². The predicted octanol–water partition coefficient (Wildman–Crippen LogP) is 3.51. The van der Waals surface area contributed by atoms with Gasteiger partial charge in [-0.3, -0.25) is 4.79 Å². The number of hydrogen-bond donors (Lipinski definition) is 1. The van der Waals surface area contributed by atoms with E-state index in [9.17, 15) is 9.59 Å². The van der Waals surface area contributed by atoms with Crippen LogP contribution in [-0.2, 0) is 0 Å². The van der Waals surface area contributed by atoms with E-state index in [1.165, 1.54) is 12.1 Å². The zero-order valence-electron chi connectivity index (χ0n) is 13.3. The molecule has 0 aliphatic rings. The van der Waals surface area contributed by atoms with E-state index >= 15 is 0 Å². The van der Waals surface area contributed by atoms with Crippen molar-refractivity contribution in [3.63, 3.8) is 0 Å². The Balaban J connectivity index is 2.78. The van der Waals surface area contributed by atoms with Gasteiger partial charge in [0.25, 0.3) is 5.91 Å². The summed E-state index contributed by atoms with van der Waals surface area (Å²) in [7, 11) is 0. The van der Waals surface area contributed by atoms with Crippen molar-refractivity contribution in [3.05, 3.63) is 23.7 Å². The van der Waals surface area contributed by atoms with Crippen molar-refractivity contribution in [2.45, 2.75) is 40.5 Å². The minimum Gasteiger partial charge on any atom is -0.475 e. The van der Waals surface area contributed by atoms with Crippen molar-refractivity contribution in [1.82, 2.24) is 4.90 Å². The molecule has 0 saturated heterocycles. The van der Waals surface area contributed by atoms with Crippen molar-refractivity contribution >= 4 is 11.9 Å². The highest BCUT2D eigenvalue weighted by molar-refractivity contribution is 5.93. The van der Waals surface area contributed by atoms with E-state index in [-0.39, 0.29) is 17.4 Å². The molecule has 0 bridgehead atoms. The third-order valence-corrected chi connectivity index (χ3v) is 3.27. The molecule has 21 heavy (non-hydrogen) atoms. The van der Waals surface area contributed by atoms with Gasteiger partial charge in [0, 0.05) is 13.1 Å². The molecule has 1 aromatic rings. The van der Waals surface area contributed by atoms with Gasteiger partial charge in [-0.1, -0.05) is 27.7 Å². The van der Waals surface area contributed by atoms with Crippen LogP contribution in [0.15, 0.2) is 16.5 Å². The lowest BCUT2D eigenvalue weighted by atomic mass is 10.1. The topological polar surface area (TPSA) is 70.8 Å². The van der Waals surface area contributed by atoms with Crippen molar-refractivity contribution in [2.24, 2.45) is 11.8 Å². The molecule has 0 saturated carbocycles. The van der Waals surface area contributed by atoms with Crippen LogP contribution in [0.5, 0.6) is 0 Å². The SMILES string of the molecule is CC(C)CCN(CCC(C)C)C(=O)c1ccc(C(=O)O)o1. The molecule has 0 atom stereocenters. The van der Waals surface area contributed by atoms with Crippen LogP contribution in [-0.4, -0.2) is 35.0 Å². The van der Waals surface area contributed by atoms with Gasteiger partial charge in [-0.2, -0.15) is 0 Å². The number of nitrogens with zero attached hydrogens (tertiary/aromatic N) is 1. The van der Waals surface area contributed by atoms with Crippen molar-refractivity contribution in [1.29, 1.82) is 0 Å². The maximum Gasteiger partial charge on any atom is 0.371 e. The minimum absolute atomic E-state index is 0.0971. The van der Waals surface area contributed by atoms with Crippen LogP contribution in [0.2, 0.25) is 0 Å². The smallest absolute Gasteiger partial charge is 0.371 e. The fourth-order valence-corrected chi connectivity index (χ4v) is 1.87. The first-order chi connectivity index (χ1) is 9.81. The first-order valence-corrected chi connectivity index (χ1v) is 7.43. The number of carbonyl (C=O) groups is 2. The van der Waals surface area contributed by atoms with Crippen molar-refractivity contribution < 1.29 is 19.1 Å². The lowest BCUT2D eigenvalue weighted by Gasteiger charge is -2.23. The fourth-order valence-electron chi connectivity index (χ4n) is 1.87. The monoisotopic (exact) mass is 295 g/mol. The van der Waals surface area contributed by atoms with Gasteiger partial charge in [-0.05, 0) is 36.8 Å². The predicted molar refractivity (Wildman–Crippen MR) is 80.5 cm³/mol. The molecule has 0 aliphatic heterocycles. The van der Waals surface area contributed by atoms with E-state index in [0.717, 1.165) is 12.8 Å². The molecule has 0 spiro atoms. The highest BCUT2D eigenvalue weighted by Crippen LogP contribution is 2.14. The molecule has 5 nitrogen and oxygen atoms in total. The van der Waals surface area contributed by atoms with Crippen LogP contribution in [0.1, 0.15) is 61.6 Å². The number of carboxylic acids is 1. The summed E-state index contributed by atoms with van der Waals surface area (Å²) < 4.78 is 5.11. The number of furan rings is 1. The molecule has 5 heteroatoms. The number of hydrogen-bond acceptors (Lipinski definition) is 3. The molecule has 1 rings (SSSR count). The molecule has 0 unspecified atom stereocenters. The Morgan fingerprint density at radius 3 is 1.90 bits per heavy atom. The maximum absolute atomic E-state index is 12.4. The minimum atomic E-state index is -1.16. The summed E-state index contributed by atoms with van der Waals surface area (Å²) in [5, 5.41) is 8.85. The number of amides is 1. The van der Waals surface area contributed by atoms with E-state index < -0.39 is 5.97 Å². The largest absolute Gasteiger partial charge is 0.475 e. The van der Waals surface area contributed by atoms with E-state index in [1.807, 2.05) is 0 Å². The van der Waals surface area contributed by atoms with E-state index in [1.54, 1.807) is 4.90 Å². The second kappa shape index (κ2) is 7.86. The highest BCUT2D eigenvalue weighted by Gasteiger charge is 2.21. The Morgan fingerprint density at radius 2 is 1.52 bits per heavy atom. The van der Waals surface area contributed by atoms with Crippen LogP contribution < -0.4 is 0 Å². The standard InChI is InChI=1S/C16H25NO4/c1-11(2)7-9-17(10-8-12(3)4)15(18)13-5-6-14(21-13)16(19)20/h5-6,11-12H,7-10H2,1-4H3,(H,19,20). The Morgan fingerprint density at radius 1 is 1.05 bits per heavy atom. The summed E-state index contributed by atoms with van der Waals surface area (Å²) in [5.74, 6) is -0.490. The summed E-state index contributed by atoms with van der Waals surface area (Å²) in [5.41, 5.74) is 0. The number of aromatic carboxylic acids is 1. The van der Waals surface area contributed by atoms with Gasteiger partial charge in [-0.15, -0.1) is 0 Å². The molecule has 1 N–H and O–H groups in total. The van der Waals surface area contributed by atoms with E-state index in [4.69, 9.17) is 9.52 Å². The molecule has 1 amide bonds. The molecule has 0 aliphatic carbocycles. The number of rotatable bonds is 8. The van der Waals surface area contributed by atoms with Crippen LogP contribution in [0.25, 0.3) is 0 Å². The molecule has 118 valence electrons. The Labute approximate surface area is 125 Å². The lowest BCUT2D eigenvalue weighted by Crippen LogP contribution is -2.34. The van der Waals surface area contributed by atoms with Gasteiger partial charge in [0.05, 0.1) is 0 Å². The molecule has 0 aromatic carbocycles. The van der Waals surface area contributed by atoms with Gasteiger partial charge < -0.3 is 14.4 Å². The zero-order chi connectivity index (χ0) is 16.0. The average molecular weight is 295 g/mol. The number of carboxylic acid groups (broad SMARTS) is 1. The summed E-state index contributed by atoms with van der Waals surface area (Å²) in [6.07, 6.45) is 1.83. The van der Waals surface area contributed by atoms with Crippen LogP contribution in [0.3, 0.4) is 0 Å². The summed E-state index contributed by atoms with van der Waals surface area (Å²) >= 11 is 0. The summed E-state index contributed by atoms with van der Waals surface area (Å²) in [6, 6.07) is 2.75. The normalized spacial score (nSPS) is 11.1. The molecule has 1 aromatic heterocycles. The summed E-state index contributed by atoms with van der Waals surface area (Å²) in [6.45, 7) is 9.76. The molecular weight excluding hydrogens is 270 g/mol. The Kier molecular flexibility index (Phi) is 6.46. The van der Waals surface area contributed by atoms with E-state index in [2.05, 4.69) is 27.7 Å². The third-order valence-electron chi connectivity index (χ3n) is 3.27. The van der Waals surface area contributed by atoms with Gasteiger partial charge in [0.1, 0.15) is 0 Å². The molecule has 0 radical (unpaired) electrons. The third kappa shape index (κ3) is 5.61. The highest BCUT2D eigenvalue weighted by atomic mass is 16.4. The first-order valence-electron chi connectivity index (χ1n) is 7.43. The Hall–Kier alpha value is -1.78. The van der Waals surface area contributed by atoms with Crippen molar-refractivity contribution in [3.8, 4) is 0 Å². The average Bonchev–Trinajstić information content (AvgIpc) is 2.87. The number of carbonyl (C=O) groups excluding carboxylic acids is 1. The second-order valence-corrected chi connectivity index (χ2v) is 6.13. The zero-order valence-corrected chi connectivity index (χ0v) is 13.3. The quantitative estimate of drug-likeness (QED) is 0.796. The molecular formula is C16H25NO4. The second-order valence-electron chi connectivity index (χ2n) is 6.13. The van der Waals surface area contributed by atoms with Gasteiger partial charge in [-0.25, -0.2) is 4.79 Å². The first kappa shape index (κ1) is 17.3. The van der Waals surface area contributed by atoms with Crippen LogP contribution in [0.4, 0.5) is 0 Å². The molecule has 0 fully saturated rings. The summed E-state index contributed by atoms with van der Waals surface area (Å²) in [4.78, 5) is 25.0. The van der Waals surface area contributed by atoms with E-state index in [0.29, 0.717) is 24.9 Å².